The minimum Gasteiger partial charge on any atom is -0.497 e. The Kier molecular flexibility index (Phi) is 5.96. The van der Waals surface area contributed by atoms with Gasteiger partial charge in [0.2, 0.25) is 0 Å². The van der Waals surface area contributed by atoms with Gasteiger partial charge in [0.25, 0.3) is 5.91 Å². The molecule has 9 nitrogen and oxygen atoms in total. The number of amides is 1. The van der Waals surface area contributed by atoms with Crippen molar-refractivity contribution in [3.05, 3.63) is 58.1 Å². The summed E-state index contributed by atoms with van der Waals surface area (Å²) in [7, 11) is 1.30. The molecule has 0 bridgehead atoms. The number of ether oxygens (including phenoxy) is 2. The fourth-order valence-corrected chi connectivity index (χ4v) is 2.70. The monoisotopic (exact) mass is 426 g/mol. The molecule has 0 fully saturated rings. The number of halogens is 3. The van der Waals surface area contributed by atoms with Crippen LogP contribution in [0.4, 0.5) is 13.2 Å². The summed E-state index contributed by atoms with van der Waals surface area (Å²) in [6, 6.07) is 6.70. The van der Waals surface area contributed by atoms with E-state index in [1.165, 1.54) is 37.6 Å². The molecule has 2 aromatic heterocycles. The maximum absolute atomic E-state index is 12.7. The van der Waals surface area contributed by atoms with E-state index in [0.29, 0.717) is 0 Å². The van der Waals surface area contributed by atoms with E-state index >= 15 is 0 Å². The lowest BCUT2D eigenvalue weighted by Gasteiger charge is -2.15. The second-order valence-electron chi connectivity index (χ2n) is 6.08. The number of nitrogens with zero attached hydrogens (tertiary/aromatic N) is 3. The number of pyridine rings is 1. The number of carbonyl (C=O) groups excluding carboxylic acids is 1. The molecule has 0 atom stereocenters. The van der Waals surface area contributed by atoms with E-state index < -0.39 is 23.7 Å². The van der Waals surface area contributed by atoms with Crippen molar-refractivity contribution < 1.29 is 32.5 Å². The predicted molar refractivity (Wildman–Crippen MR) is 97.4 cm³/mol. The number of hydrogen-bond acceptors (Lipinski definition) is 6. The zero-order valence-electron chi connectivity index (χ0n) is 15.6. The van der Waals surface area contributed by atoms with Gasteiger partial charge >= 0.3 is 12.1 Å². The Bertz CT molecular complexity index is 1120. The molecular weight excluding hydrogens is 409 g/mol. The summed E-state index contributed by atoms with van der Waals surface area (Å²) < 4.78 is 49.1. The molecule has 3 aromatic rings. The molecule has 0 saturated heterocycles. The van der Waals surface area contributed by atoms with Gasteiger partial charge in [-0.25, -0.2) is 13.9 Å². The number of fused-ring (bicyclic) bond motifs is 1. The molecule has 3 rings (SSSR count). The quantitative estimate of drug-likeness (QED) is 0.590. The number of hydrogen-bond donors (Lipinski definition) is 2. The van der Waals surface area contributed by atoms with Crippen LogP contribution in [0.1, 0.15) is 15.9 Å². The smallest absolute Gasteiger partial charge is 0.497 e. The zero-order valence-corrected chi connectivity index (χ0v) is 15.6. The topological polar surface area (TPSA) is 107 Å². The molecule has 0 spiro atoms. The molecule has 2 heterocycles. The molecule has 2 N–H and O–H groups in total. The second-order valence-corrected chi connectivity index (χ2v) is 6.08. The summed E-state index contributed by atoms with van der Waals surface area (Å²) in [6.45, 7) is -0.534. The van der Waals surface area contributed by atoms with E-state index in [4.69, 9.17) is 9.84 Å². The standard InChI is InChI=1S/C18H17F3N4O5/c1-29-13-4-2-11(14(8-13)30-18(19,20)21)9-22-16(27)12-3-5-15-23-25(6-7-26)17(28)24(15)10-12/h2-5,8,10,26H,6-7,9H2,1H3,(H,22,27). The minimum atomic E-state index is -4.91. The third-order valence-corrected chi connectivity index (χ3v) is 4.09. The van der Waals surface area contributed by atoms with E-state index in [2.05, 4.69) is 15.2 Å². The van der Waals surface area contributed by atoms with Crippen LogP contribution in [0.25, 0.3) is 5.65 Å². The van der Waals surface area contributed by atoms with Gasteiger partial charge in [-0.2, -0.15) is 0 Å². The maximum Gasteiger partial charge on any atom is 0.573 e. The highest BCUT2D eigenvalue weighted by molar-refractivity contribution is 5.94. The zero-order chi connectivity index (χ0) is 21.9. The lowest BCUT2D eigenvalue weighted by atomic mass is 10.1. The molecule has 0 radical (unpaired) electrons. The number of rotatable bonds is 7. The summed E-state index contributed by atoms with van der Waals surface area (Å²) in [4.78, 5) is 24.6. The Morgan fingerprint density at radius 2 is 2.03 bits per heavy atom. The van der Waals surface area contributed by atoms with Crippen molar-refractivity contribution in [1.82, 2.24) is 19.5 Å². The lowest BCUT2D eigenvalue weighted by Crippen LogP contribution is -2.26. The SMILES string of the molecule is COc1ccc(CNC(=O)c2ccc3nn(CCO)c(=O)n3c2)c(OC(F)(F)F)c1. The van der Waals surface area contributed by atoms with Crippen molar-refractivity contribution in [2.24, 2.45) is 0 Å². The number of carbonyl (C=O) groups is 1. The Labute approximate surface area is 167 Å². The minimum absolute atomic E-state index is 0.00148. The van der Waals surface area contributed by atoms with Crippen LogP contribution in [-0.2, 0) is 13.1 Å². The number of alkyl halides is 3. The number of methoxy groups -OCH3 is 1. The molecule has 0 aliphatic carbocycles. The summed E-state index contributed by atoms with van der Waals surface area (Å²) in [6.07, 6.45) is -3.65. The molecular formula is C18H17F3N4O5. The van der Waals surface area contributed by atoms with Gasteiger partial charge in [0.1, 0.15) is 11.5 Å². The van der Waals surface area contributed by atoms with Gasteiger partial charge in [-0.3, -0.25) is 4.79 Å². The van der Waals surface area contributed by atoms with E-state index in [1.54, 1.807) is 0 Å². The first-order valence-corrected chi connectivity index (χ1v) is 8.63. The molecule has 0 aliphatic rings. The number of benzene rings is 1. The van der Waals surface area contributed by atoms with Crippen LogP contribution < -0.4 is 20.5 Å². The highest BCUT2D eigenvalue weighted by Crippen LogP contribution is 2.30. The first kappa shape index (κ1) is 21.2. The van der Waals surface area contributed by atoms with E-state index in [9.17, 15) is 22.8 Å². The van der Waals surface area contributed by atoms with Crippen LogP contribution in [0.15, 0.2) is 41.3 Å². The molecule has 160 valence electrons. The van der Waals surface area contributed by atoms with E-state index in [0.717, 1.165) is 15.1 Å². The molecule has 30 heavy (non-hydrogen) atoms. The van der Waals surface area contributed by atoms with Gasteiger partial charge in [0, 0.05) is 24.4 Å². The van der Waals surface area contributed by atoms with Crippen LogP contribution in [0.5, 0.6) is 11.5 Å². The Balaban J connectivity index is 1.80. The van der Waals surface area contributed by atoms with Gasteiger partial charge in [0.05, 0.1) is 25.8 Å². The predicted octanol–water partition coefficient (Wildman–Crippen LogP) is 1.33. The van der Waals surface area contributed by atoms with Gasteiger partial charge in [-0.05, 0) is 24.3 Å². The summed E-state index contributed by atoms with van der Waals surface area (Å²) in [5.41, 5.74) is -0.0822. The van der Waals surface area contributed by atoms with Crippen LogP contribution in [0, 0.1) is 0 Å². The van der Waals surface area contributed by atoms with Crippen LogP contribution in [0.2, 0.25) is 0 Å². The first-order chi connectivity index (χ1) is 14.2. The fourth-order valence-electron chi connectivity index (χ4n) is 2.70. The normalized spacial score (nSPS) is 11.5. The Morgan fingerprint density at radius 3 is 2.70 bits per heavy atom. The van der Waals surface area contributed by atoms with Gasteiger partial charge in [0.15, 0.2) is 5.65 Å². The van der Waals surface area contributed by atoms with Crippen molar-refractivity contribution in [2.45, 2.75) is 19.5 Å². The Hall–Kier alpha value is -3.54. The first-order valence-electron chi connectivity index (χ1n) is 8.63. The Morgan fingerprint density at radius 1 is 1.27 bits per heavy atom. The molecule has 1 amide bonds. The van der Waals surface area contributed by atoms with Crippen molar-refractivity contribution in [3.63, 3.8) is 0 Å². The van der Waals surface area contributed by atoms with Crippen molar-refractivity contribution in [2.75, 3.05) is 13.7 Å². The number of nitrogens with one attached hydrogen (secondary N) is 1. The molecule has 12 heteroatoms. The van der Waals surface area contributed by atoms with Crippen molar-refractivity contribution >= 4 is 11.6 Å². The van der Waals surface area contributed by atoms with E-state index in [1.807, 2.05) is 0 Å². The number of aliphatic hydroxyl groups is 1. The summed E-state index contributed by atoms with van der Waals surface area (Å²) in [5, 5.41) is 15.4. The number of aliphatic hydroxyl groups excluding tert-OH is 1. The molecule has 1 aromatic carbocycles. The third kappa shape index (κ3) is 4.71. The number of aromatic nitrogens is 3. The fraction of sp³-hybridized carbons (Fsp3) is 0.278. The van der Waals surface area contributed by atoms with Crippen LogP contribution in [0.3, 0.4) is 0 Å². The average Bonchev–Trinajstić information content (AvgIpc) is 3.01. The third-order valence-electron chi connectivity index (χ3n) is 4.09. The largest absolute Gasteiger partial charge is 0.573 e. The highest BCUT2D eigenvalue weighted by Gasteiger charge is 2.32. The maximum atomic E-state index is 12.7. The van der Waals surface area contributed by atoms with Crippen molar-refractivity contribution in [3.8, 4) is 11.5 Å². The average molecular weight is 426 g/mol. The van der Waals surface area contributed by atoms with E-state index in [-0.39, 0.29) is 42.2 Å². The molecule has 0 unspecified atom stereocenters. The summed E-state index contributed by atoms with van der Waals surface area (Å²) >= 11 is 0. The van der Waals surface area contributed by atoms with Gasteiger partial charge < -0.3 is 19.9 Å². The van der Waals surface area contributed by atoms with Crippen LogP contribution >= 0.6 is 0 Å². The molecule has 0 saturated carbocycles. The van der Waals surface area contributed by atoms with Gasteiger partial charge in [-0.1, -0.05) is 0 Å². The van der Waals surface area contributed by atoms with Crippen molar-refractivity contribution in [1.29, 1.82) is 0 Å². The highest BCUT2D eigenvalue weighted by atomic mass is 19.4. The second kappa shape index (κ2) is 8.45. The lowest BCUT2D eigenvalue weighted by molar-refractivity contribution is -0.274. The van der Waals surface area contributed by atoms with Crippen LogP contribution in [-0.4, -0.2) is 45.3 Å². The van der Waals surface area contributed by atoms with Gasteiger partial charge in [-0.15, -0.1) is 18.3 Å². The summed E-state index contributed by atoms with van der Waals surface area (Å²) in [5.74, 6) is -0.958. The molecule has 0 aliphatic heterocycles.